The highest BCUT2D eigenvalue weighted by molar-refractivity contribution is 4.90. The molecule has 1 aliphatic heterocycles. The second kappa shape index (κ2) is 3.11. The van der Waals surface area contributed by atoms with Crippen molar-refractivity contribution in [3.05, 3.63) is 0 Å². The SMILES string of the molecule is CNCC1CC2CNCC2C1. The van der Waals surface area contributed by atoms with Crippen LogP contribution in [0.15, 0.2) is 0 Å². The first kappa shape index (κ1) is 7.56. The normalized spacial score (nSPS) is 42.8. The van der Waals surface area contributed by atoms with Gasteiger partial charge < -0.3 is 10.6 Å². The van der Waals surface area contributed by atoms with Crippen LogP contribution in [0.1, 0.15) is 12.8 Å². The third-order valence-corrected chi connectivity index (χ3v) is 3.24. The first-order valence-corrected chi connectivity index (χ1v) is 4.75. The van der Waals surface area contributed by atoms with Gasteiger partial charge >= 0.3 is 0 Å². The average molecular weight is 154 g/mol. The zero-order chi connectivity index (χ0) is 7.68. The molecule has 0 spiro atoms. The van der Waals surface area contributed by atoms with Crippen LogP contribution in [0.2, 0.25) is 0 Å². The van der Waals surface area contributed by atoms with Gasteiger partial charge in [-0.25, -0.2) is 0 Å². The van der Waals surface area contributed by atoms with Gasteiger partial charge in [0.2, 0.25) is 0 Å². The van der Waals surface area contributed by atoms with Crippen molar-refractivity contribution in [2.75, 3.05) is 26.7 Å². The quantitative estimate of drug-likeness (QED) is 0.603. The van der Waals surface area contributed by atoms with E-state index in [4.69, 9.17) is 0 Å². The fourth-order valence-electron chi connectivity index (χ4n) is 2.75. The Kier molecular flexibility index (Phi) is 2.14. The average Bonchev–Trinajstić information content (AvgIpc) is 2.46. The molecule has 0 aromatic carbocycles. The first-order chi connectivity index (χ1) is 5.40. The monoisotopic (exact) mass is 154 g/mol. The predicted molar refractivity (Wildman–Crippen MR) is 46.5 cm³/mol. The van der Waals surface area contributed by atoms with Gasteiger partial charge in [-0.05, 0) is 57.3 Å². The summed E-state index contributed by atoms with van der Waals surface area (Å²) in [6, 6.07) is 0. The fourth-order valence-corrected chi connectivity index (χ4v) is 2.75. The lowest BCUT2D eigenvalue weighted by atomic mass is 10.0. The smallest absolute Gasteiger partial charge is 0.00172 e. The van der Waals surface area contributed by atoms with Crippen LogP contribution in [0.5, 0.6) is 0 Å². The Morgan fingerprint density at radius 2 is 1.91 bits per heavy atom. The molecule has 2 unspecified atom stereocenters. The minimum atomic E-state index is 0.970. The van der Waals surface area contributed by atoms with Crippen LogP contribution >= 0.6 is 0 Å². The van der Waals surface area contributed by atoms with Crippen molar-refractivity contribution in [3.8, 4) is 0 Å². The Morgan fingerprint density at radius 1 is 1.27 bits per heavy atom. The van der Waals surface area contributed by atoms with Crippen molar-refractivity contribution >= 4 is 0 Å². The third-order valence-electron chi connectivity index (χ3n) is 3.24. The van der Waals surface area contributed by atoms with E-state index in [9.17, 15) is 0 Å². The number of hydrogen-bond acceptors (Lipinski definition) is 2. The second-order valence-corrected chi connectivity index (χ2v) is 4.07. The first-order valence-electron chi connectivity index (χ1n) is 4.75. The number of hydrogen-bond donors (Lipinski definition) is 2. The highest BCUT2D eigenvalue weighted by Crippen LogP contribution is 2.37. The summed E-state index contributed by atoms with van der Waals surface area (Å²) in [5, 5.41) is 6.75. The van der Waals surface area contributed by atoms with Crippen molar-refractivity contribution in [2.24, 2.45) is 17.8 Å². The van der Waals surface area contributed by atoms with Gasteiger partial charge in [-0.1, -0.05) is 0 Å². The molecule has 1 heterocycles. The maximum absolute atomic E-state index is 3.47. The summed E-state index contributed by atoms with van der Waals surface area (Å²) in [5.41, 5.74) is 0. The number of fused-ring (bicyclic) bond motifs is 1. The van der Waals surface area contributed by atoms with Gasteiger partial charge in [-0.2, -0.15) is 0 Å². The van der Waals surface area contributed by atoms with Crippen LogP contribution in [0.4, 0.5) is 0 Å². The van der Waals surface area contributed by atoms with Gasteiger partial charge in [0.25, 0.3) is 0 Å². The van der Waals surface area contributed by atoms with Crippen LogP contribution in [-0.4, -0.2) is 26.7 Å². The highest BCUT2D eigenvalue weighted by Gasteiger charge is 2.36. The summed E-state index contributed by atoms with van der Waals surface area (Å²) in [4.78, 5) is 0. The standard InChI is InChI=1S/C9H18N2/c1-10-4-7-2-8-5-11-6-9(8)3-7/h7-11H,2-6H2,1H3. The summed E-state index contributed by atoms with van der Waals surface area (Å²) in [6.07, 6.45) is 2.91. The Hall–Kier alpha value is -0.0800. The summed E-state index contributed by atoms with van der Waals surface area (Å²) in [6.45, 7) is 3.79. The minimum absolute atomic E-state index is 0.970. The zero-order valence-corrected chi connectivity index (χ0v) is 7.27. The van der Waals surface area contributed by atoms with E-state index in [0.29, 0.717) is 0 Å². The molecule has 0 bridgehead atoms. The summed E-state index contributed by atoms with van der Waals surface area (Å²) in [5.74, 6) is 2.98. The molecule has 2 atom stereocenters. The molecule has 2 rings (SSSR count). The largest absolute Gasteiger partial charge is 0.319 e. The predicted octanol–water partition coefficient (Wildman–Crippen LogP) is 0.451. The summed E-state index contributed by atoms with van der Waals surface area (Å²) < 4.78 is 0. The summed E-state index contributed by atoms with van der Waals surface area (Å²) >= 11 is 0. The van der Waals surface area contributed by atoms with E-state index < -0.39 is 0 Å². The van der Waals surface area contributed by atoms with Crippen LogP contribution in [-0.2, 0) is 0 Å². The molecule has 2 N–H and O–H groups in total. The van der Waals surface area contributed by atoms with Crippen LogP contribution in [0, 0.1) is 17.8 Å². The Labute approximate surface area is 68.7 Å². The lowest BCUT2D eigenvalue weighted by molar-refractivity contribution is 0.471. The van der Waals surface area contributed by atoms with Gasteiger partial charge in [-0.3, -0.25) is 0 Å². The Morgan fingerprint density at radius 3 is 2.45 bits per heavy atom. The molecule has 0 aromatic rings. The molecule has 0 aromatic heterocycles. The van der Waals surface area contributed by atoms with Crippen molar-refractivity contribution in [3.63, 3.8) is 0 Å². The molecule has 1 saturated carbocycles. The molecule has 2 nitrogen and oxygen atoms in total. The van der Waals surface area contributed by atoms with Crippen LogP contribution < -0.4 is 10.6 Å². The Bertz CT molecular complexity index is 124. The lowest BCUT2D eigenvalue weighted by Crippen LogP contribution is -2.19. The van der Waals surface area contributed by atoms with E-state index in [0.717, 1.165) is 17.8 Å². The maximum Gasteiger partial charge on any atom is -0.00172 e. The number of nitrogens with one attached hydrogen (secondary N) is 2. The van der Waals surface area contributed by atoms with Gasteiger partial charge in [0.15, 0.2) is 0 Å². The molecule has 2 aliphatic rings. The van der Waals surface area contributed by atoms with Crippen molar-refractivity contribution in [1.82, 2.24) is 10.6 Å². The van der Waals surface area contributed by atoms with Gasteiger partial charge in [0.05, 0.1) is 0 Å². The minimum Gasteiger partial charge on any atom is -0.319 e. The third kappa shape index (κ3) is 1.42. The van der Waals surface area contributed by atoms with Crippen molar-refractivity contribution < 1.29 is 0 Å². The number of rotatable bonds is 2. The van der Waals surface area contributed by atoms with Gasteiger partial charge in [0.1, 0.15) is 0 Å². The van der Waals surface area contributed by atoms with E-state index in [1.165, 1.54) is 32.5 Å². The van der Waals surface area contributed by atoms with E-state index in [1.54, 1.807) is 0 Å². The molecule has 2 fully saturated rings. The molecule has 0 radical (unpaired) electrons. The zero-order valence-electron chi connectivity index (χ0n) is 7.27. The summed E-state index contributed by atoms with van der Waals surface area (Å²) in [7, 11) is 2.06. The highest BCUT2D eigenvalue weighted by atomic mass is 14.9. The fraction of sp³-hybridized carbons (Fsp3) is 1.00. The van der Waals surface area contributed by atoms with E-state index in [2.05, 4.69) is 17.7 Å². The van der Waals surface area contributed by atoms with Crippen LogP contribution in [0.25, 0.3) is 0 Å². The van der Waals surface area contributed by atoms with E-state index in [1.807, 2.05) is 0 Å². The molecule has 0 amide bonds. The lowest BCUT2D eigenvalue weighted by Gasteiger charge is -2.09. The maximum atomic E-state index is 3.47. The van der Waals surface area contributed by atoms with Gasteiger partial charge in [-0.15, -0.1) is 0 Å². The van der Waals surface area contributed by atoms with Gasteiger partial charge in [0, 0.05) is 0 Å². The van der Waals surface area contributed by atoms with Crippen molar-refractivity contribution in [2.45, 2.75) is 12.8 Å². The molecule has 11 heavy (non-hydrogen) atoms. The van der Waals surface area contributed by atoms with E-state index >= 15 is 0 Å². The molecular weight excluding hydrogens is 136 g/mol. The van der Waals surface area contributed by atoms with Crippen molar-refractivity contribution in [1.29, 1.82) is 0 Å². The molecule has 1 saturated heterocycles. The molecule has 1 aliphatic carbocycles. The van der Waals surface area contributed by atoms with Crippen LogP contribution in [0.3, 0.4) is 0 Å². The molecule has 64 valence electrons. The second-order valence-electron chi connectivity index (χ2n) is 4.07. The Balaban J connectivity index is 1.84. The molecule has 2 heteroatoms. The topological polar surface area (TPSA) is 24.1 Å². The van der Waals surface area contributed by atoms with E-state index in [-0.39, 0.29) is 0 Å². The molecular formula is C9H18N2.